The first-order chi connectivity index (χ1) is 9.47. The standard InChI is InChI=1S/C12H17N3O3S2/c1-20(17,18)15-6-2-4-10(9-15)12(16)14-13-8-11-5-3-7-19-11/h3,5,7-8,10H,2,4,6,9H2,1H3,(H,14,16)/b13-8-/t10-/m0/s1. The Labute approximate surface area is 122 Å². The molecule has 1 aliphatic rings. The minimum Gasteiger partial charge on any atom is -0.273 e. The summed E-state index contributed by atoms with van der Waals surface area (Å²) in [6, 6.07) is 3.80. The van der Waals surface area contributed by atoms with Crippen LogP contribution in [0.15, 0.2) is 22.6 Å². The van der Waals surface area contributed by atoms with Gasteiger partial charge in [0.05, 0.1) is 18.4 Å². The maximum absolute atomic E-state index is 12.0. The molecule has 1 fully saturated rings. The van der Waals surface area contributed by atoms with Crippen molar-refractivity contribution in [2.75, 3.05) is 19.3 Å². The Hall–Kier alpha value is -1.25. The van der Waals surface area contributed by atoms with Gasteiger partial charge in [-0.05, 0) is 24.3 Å². The predicted octanol–water partition coefficient (Wildman–Crippen LogP) is 0.870. The van der Waals surface area contributed by atoms with E-state index < -0.39 is 10.0 Å². The first kappa shape index (κ1) is 15.1. The second-order valence-electron chi connectivity index (χ2n) is 4.71. The third-order valence-corrected chi connectivity index (χ3v) is 5.21. The van der Waals surface area contributed by atoms with E-state index >= 15 is 0 Å². The van der Waals surface area contributed by atoms with Gasteiger partial charge in [0, 0.05) is 18.0 Å². The number of thiophene rings is 1. The highest BCUT2D eigenvalue weighted by Gasteiger charge is 2.29. The SMILES string of the molecule is CS(=O)(=O)N1CCC[C@H](C(=O)N/N=C\c2cccs2)C1. The van der Waals surface area contributed by atoms with Crippen molar-refractivity contribution in [1.82, 2.24) is 9.73 Å². The fourth-order valence-electron chi connectivity index (χ4n) is 2.07. The Balaban J connectivity index is 1.89. The molecular formula is C12H17N3O3S2. The lowest BCUT2D eigenvalue weighted by Gasteiger charge is -2.29. The maximum Gasteiger partial charge on any atom is 0.244 e. The third kappa shape index (κ3) is 4.12. The molecule has 0 bridgehead atoms. The summed E-state index contributed by atoms with van der Waals surface area (Å²) < 4.78 is 24.3. The molecule has 6 nitrogen and oxygen atoms in total. The number of sulfonamides is 1. The number of carbonyl (C=O) groups excluding carboxylic acids is 1. The Morgan fingerprint density at radius 3 is 3.05 bits per heavy atom. The van der Waals surface area contributed by atoms with Crippen LogP contribution in [0, 0.1) is 5.92 Å². The quantitative estimate of drug-likeness (QED) is 0.661. The number of carbonyl (C=O) groups is 1. The van der Waals surface area contributed by atoms with Crippen molar-refractivity contribution in [2.45, 2.75) is 12.8 Å². The van der Waals surface area contributed by atoms with Crippen LogP contribution >= 0.6 is 11.3 Å². The number of nitrogens with one attached hydrogen (secondary N) is 1. The molecule has 2 rings (SSSR count). The monoisotopic (exact) mass is 315 g/mol. The number of piperidine rings is 1. The summed E-state index contributed by atoms with van der Waals surface area (Å²) in [6.07, 6.45) is 4.13. The van der Waals surface area contributed by atoms with Crippen molar-refractivity contribution in [3.8, 4) is 0 Å². The van der Waals surface area contributed by atoms with Crippen molar-refractivity contribution in [3.05, 3.63) is 22.4 Å². The molecule has 0 aromatic carbocycles. The lowest BCUT2D eigenvalue weighted by atomic mass is 9.99. The minimum absolute atomic E-state index is 0.230. The first-order valence-corrected chi connectivity index (χ1v) is 9.01. The molecule has 1 N–H and O–H groups in total. The van der Waals surface area contributed by atoms with E-state index in [0.29, 0.717) is 19.4 Å². The van der Waals surface area contributed by atoms with Crippen LogP contribution in [0.25, 0.3) is 0 Å². The van der Waals surface area contributed by atoms with Gasteiger partial charge in [0.2, 0.25) is 15.9 Å². The topological polar surface area (TPSA) is 78.8 Å². The number of hydrazone groups is 1. The van der Waals surface area contributed by atoms with Crippen LogP contribution in [0.3, 0.4) is 0 Å². The molecule has 2 heterocycles. The summed E-state index contributed by atoms with van der Waals surface area (Å²) in [4.78, 5) is 12.9. The van der Waals surface area contributed by atoms with Crippen LogP contribution in [-0.2, 0) is 14.8 Å². The van der Waals surface area contributed by atoms with Crippen molar-refractivity contribution < 1.29 is 13.2 Å². The Kier molecular flexibility index (Phi) is 4.90. The van der Waals surface area contributed by atoms with Crippen molar-refractivity contribution in [2.24, 2.45) is 11.0 Å². The van der Waals surface area contributed by atoms with E-state index in [0.717, 1.165) is 4.88 Å². The summed E-state index contributed by atoms with van der Waals surface area (Å²) in [6.45, 7) is 0.722. The Bertz CT molecular complexity index is 581. The van der Waals surface area contributed by atoms with E-state index in [1.807, 2.05) is 17.5 Å². The molecule has 20 heavy (non-hydrogen) atoms. The van der Waals surface area contributed by atoms with E-state index in [9.17, 15) is 13.2 Å². The number of hydrogen-bond donors (Lipinski definition) is 1. The first-order valence-electron chi connectivity index (χ1n) is 6.28. The summed E-state index contributed by atoms with van der Waals surface area (Å²) >= 11 is 1.53. The van der Waals surface area contributed by atoms with Gasteiger partial charge in [-0.15, -0.1) is 11.3 Å². The van der Waals surface area contributed by atoms with Crippen molar-refractivity contribution in [3.63, 3.8) is 0 Å². The van der Waals surface area contributed by atoms with Gasteiger partial charge in [0.25, 0.3) is 0 Å². The molecule has 1 atom stereocenters. The number of rotatable bonds is 4. The average molecular weight is 315 g/mol. The summed E-state index contributed by atoms with van der Waals surface area (Å²) in [5, 5.41) is 5.82. The van der Waals surface area contributed by atoms with E-state index in [4.69, 9.17) is 0 Å². The summed E-state index contributed by atoms with van der Waals surface area (Å²) in [5.41, 5.74) is 2.48. The van der Waals surface area contributed by atoms with Gasteiger partial charge in [0.15, 0.2) is 0 Å². The third-order valence-electron chi connectivity index (χ3n) is 3.13. The second kappa shape index (κ2) is 6.47. The molecule has 0 aliphatic carbocycles. The van der Waals surface area contributed by atoms with Crippen molar-refractivity contribution in [1.29, 1.82) is 0 Å². The molecule has 8 heteroatoms. The molecule has 0 spiro atoms. The molecule has 0 unspecified atom stereocenters. The minimum atomic E-state index is -3.23. The van der Waals surface area contributed by atoms with Crippen LogP contribution < -0.4 is 5.43 Å². The van der Waals surface area contributed by atoms with Crippen LogP contribution in [0.5, 0.6) is 0 Å². The largest absolute Gasteiger partial charge is 0.273 e. The fourth-order valence-corrected chi connectivity index (χ4v) is 3.57. The highest BCUT2D eigenvalue weighted by Crippen LogP contribution is 2.18. The zero-order valence-electron chi connectivity index (χ0n) is 11.2. The zero-order chi connectivity index (χ0) is 14.6. The van der Waals surface area contributed by atoms with Crippen LogP contribution in [0.1, 0.15) is 17.7 Å². The Morgan fingerprint density at radius 2 is 2.40 bits per heavy atom. The Morgan fingerprint density at radius 1 is 1.60 bits per heavy atom. The van der Waals surface area contributed by atoms with Gasteiger partial charge in [0.1, 0.15) is 0 Å². The second-order valence-corrected chi connectivity index (χ2v) is 7.67. The van der Waals surface area contributed by atoms with E-state index in [2.05, 4.69) is 10.5 Å². The lowest BCUT2D eigenvalue weighted by Crippen LogP contribution is -2.44. The molecule has 0 saturated carbocycles. The molecule has 110 valence electrons. The molecule has 1 aromatic heterocycles. The van der Waals surface area contributed by atoms with Crippen LogP contribution in [-0.4, -0.2) is 44.2 Å². The van der Waals surface area contributed by atoms with E-state index in [1.165, 1.54) is 21.9 Å². The summed E-state index contributed by atoms with van der Waals surface area (Å²) in [5.74, 6) is -0.565. The number of amides is 1. The van der Waals surface area contributed by atoms with Gasteiger partial charge in [-0.2, -0.15) is 5.10 Å². The van der Waals surface area contributed by atoms with Gasteiger partial charge >= 0.3 is 0 Å². The van der Waals surface area contributed by atoms with Gasteiger partial charge < -0.3 is 0 Å². The molecule has 1 aliphatic heterocycles. The fraction of sp³-hybridized carbons (Fsp3) is 0.500. The molecule has 1 aromatic rings. The van der Waals surface area contributed by atoms with Gasteiger partial charge in [-0.25, -0.2) is 18.1 Å². The smallest absolute Gasteiger partial charge is 0.244 e. The van der Waals surface area contributed by atoms with Crippen molar-refractivity contribution >= 4 is 33.5 Å². The average Bonchev–Trinajstić information content (AvgIpc) is 2.91. The van der Waals surface area contributed by atoms with Crippen LogP contribution in [0.4, 0.5) is 0 Å². The normalized spacial score (nSPS) is 21.1. The van der Waals surface area contributed by atoms with E-state index in [-0.39, 0.29) is 18.4 Å². The summed E-state index contributed by atoms with van der Waals surface area (Å²) in [7, 11) is -3.23. The molecule has 1 saturated heterocycles. The molecule has 1 amide bonds. The van der Waals surface area contributed by atoms with Gasteiger partial charge in [-0.3, -0.25) is 4.79 Å². The number of hydrogen-bond acceptors (Lipinski definition) is 5. The van der Waals surface area contributed by atoms with Crippen LogP contribution in [0.2, 0.25) is 0 Å². The molecular weight excluding hydrogens is 298 g/mol. The highest BCUT2D eigenvalue weighted by molar-refractivity contribution is 7.88. The maximum atomic E-state index is 12.0. The molecule has 0 radical (unpaired) electrons. The number of nitrogens with zero attached hydrogens (tertiary/aromatic N) is 2. The van der Waals surface area contributed by atoms with Gasteiger partial charge in [-0.1, -0.05) is 6.07 Å². The zero-order valence-corrected chi connectivity index (χ0v) is 12.8. The highest BCUT2D eigenvalue weighted by atomic mass is 32.2. The lowest BCUT2D eigenvalue weighted by molar-refractivity contribution is -0.126. The predicted molar refractivity (Wildman–Crippen MR) is 79.2 cm³/mol. The van der Waals surface area contributed by atoms with E-state index in [1.54, 1.807) is 6.21 Å².